The van der Waals surface area contributed by atoms with Crippen LogP contribution in [0.5, 0.6) is 5.75 Å². The van der Waals surface area contributed by atoms with Crippen LogP contribution in [0.1, 0.15) is 26.7 Å². The molecule has 1 heterocycles. The second kappa shape index (κ2) is 7.10. The van der Waals surface area contributed by atoms with E-state index in [9.17, 15) is 8.42 Å². The van der Waals surface area contributed by atoms with Crippen molar-refractivity contribution in [2.45, 2.75) is 38.3 Å². The van der Waals surface area contributed by atoms with Gasteiger partial charge in [-0.15, -0.1) is 6.42 Å². The Labute approximate surface area is 143 Å². The summed E-state index contributed by atoms with van der Waals surface area (Å²) in [6, 6.07) is 7.15. The van der Waals surface area contributed by atoms with E-state index in [0.29, 0.717) is 31.0 Å². The van der Waals surface area contributed by atoms with Gasteiger partial charge < -0.3 is 4.74 Å². The Kier molecular flexibility index (Phi) is 5.58. The molecule has 0 atom stereocenters. The van der Waals surface area contributed by atoms with Gasteiger partial charge in [-0.1, -0.05) is 17.5 Å². The van der Waals surface area contributed by atoms with Gasteiger partial charge in [0, 0.05) is 18.1 Å². The molecule has 1 saturated heterocycles. The molecule has 0 radical (unpaired) electrons. The van der Waals surface area contributed by atoms with Crippen molar-refractivity contribution in [2.75, 3.05) is 13.1 Å². The van der Waals surface area contributed by atoms with Crippen molar-refractivity contribution in [3.63, 3.8) is 0 Å². The van der Waals surface area contributed by atoms with E-state index in [1.54, 1.807) is 26.0 Å². The smallest absolute Gasteiger partial charge is 0.280 e. The van der Waals surface area contributed by atoms with Gasteiger partial charge in [0.2, 0.25) is 0 Å². The molecule has 0 saturated carbocycles. The Hall–Kier alpha value is -1.26. The van der Waals surface area contributed by atoms with E-state index in [2.05, 4.69) is 10.6 Å². The summed E-state index contributed by atoms with van der Waals surface area (Å²) in [7, 11) is -3.59. The normalized spacial score (nSPS) is 17.7. The third kappa shape index (κ3) is 5.11. The molecule has 0 aromatic heterocycles. The molecule has 126 valence electrons. The predicted molar refractivity (Wildman–Crippen MR) is 91.6 cm³/mol. The molecular formula is C16H21ClN2O3S. The van der Waals surface area contributed by atoms with Crippen molar-refractivity contribution in [1.82, 2.24) is 9.03 Å². The minimum atomic E-state index is -3.59. The molecule has 1 fully saturated rings. The number of hydrogen-bond acceptors (Lipinski definition) is 3. The number of nitrogens with zero attached hydrogens (tertiary/aromatic N) is 1. The number of rotatable bonds is 5. The minimum absolute atomic E-state index is 0.0109. The van der Waals surface area contributed by atoms with Gasteiger partial charge >= 0.3 is 0 Å². The Balaban J connectivity index is 1.91. The van der Waals surface area contributed by atoms with Gasteiger partial charge in [-0.3, -0.25) is 0 Å². The highest BCUT2D eigenvalue weighted by Crippen LogP contribution is 2.22. The number of ether oxygens (including phenoxy) is 1. The van der Waals surface area contributed by atoms with Gasteiger partial charge in [0.25, 0.3) is 10.2 Å². The van der Waals surface area contributed by atoms with E-state index in [1.165, 1.54) is 4.31 Å². The van der Waals surface area contributed by atoms with E-state index in [1.807, 2.05) is 12.1 Å². The average Bonchev–Trinajstić information content (AvgIpc) is 2.49. The molecule has 1 aliphatic heterocycles. The first-order valence-corrected chi connectivity index (χ1v) is 9.23. The quantitative estimate of drug-likeness (QED) is 0.824. The molecule has 0 unspecified atom stereocenters. The van der Waals surface area contributed by atoms with E-state index < -0.39 is 15.7 Å². The Morgan fingerprint density at radius 3 is 2.39 bits per heavy atom. The lowest BCUT2D eigenvalue weighted by molar-refractivity contribution is 0.134. The number of terminal acetylenes is 1. The summed E-state index contributed by atoms with van der Waals surface area (Å²) in [6.07, 6.45) is 6.58. The molecule has 0 bridgehead atoms. The fourth-order valence-electron chi connectivity index (χ4n) is 2.31. The van der Waals surface area contributed by atoms with Crippen LogP contribution in [0.25, 0.3) is 0 Å². The van der Waals surface area contributed by atoms with E-state index in [0.717, 1.165) is 5.75 Å². The number of piperidine rings is 1. The molecule has 0 amide bonds. The van der Waals surface area contributed by atoms with E-state index >= 15 is 0 Å². The van der Waals surface area contributed by atoms with Crippen molar-refractivity contribution < 1.29 is 13.2 Å². The van der Waals surface area contributed by atoms with Crippen molar-refractivity contribution in [3.05, 3.63) is 29.3 Å². The first-order valence-electron chi connectivity index (χ1n) is 7.41. The van der Waals surface area contributed by atoms with Crippen molar-refractivity contribution in [2.24, 2.45) is 0 Å². The van der Waals surface area contributed by atoms with Crippen molar-refractivity contribution >= 4 is 21.8 Å². The van der Waals surface area contributed by atoms with Crippen LogP contribution in [0, 0.1) is 12.3 Å². The third-order valence-corrected chi connectivity index (χ3v) is 5.67. The number of hydrogen-bond donors (Lipinski definition) is 1. The highest BCUT2D eigenvalue weighted by Gasteiger charge is 2.32. The molecule has 0 aliphatic carbocycles. The summed E-state index contributed by atoms with van der Waals surface area (Å²) in [5, 5.41) is 0.653. The average molecular weight is 357 g/mol. The van der Waals surface area contributed by atoms with Gasteiger partial charge in [-0.2, -0.15) is 17.4 Å². The molecule has 0 spiro atoms. The molecule has 1 aromatic carbocycles. The molecule has 5 nitrogen and oxygen atoms in total. The van der Waals surface area contributed by atoms with Crippen LogP contribution in [0.2, 0.25) is 5.02 Å². The molecule has 2 rings (SSSR count). The lowest BCUT2D eigenvalue weighted by atomic mass is 10.1. The largest absolute Gasteiger partial charge is 0.490 e. The van der Waals surface area contributed by atoms with Crippen LogP contribution < -0.4 is 9.46 Å². The number of halogens is 1. The van der Waals surface area contributed by atoms with E-state index in [4.69, 9.17) is 22.8 Å². The summed E-state index contributed by atoms with van der Waals surface area (Å²) in [5.41, 5.74) is -0.907. The molecule has 7 heteroatoms. The van der Waals surface area contributed by atoms with Gasteiger partial charge in [0.05, 0.1) is 5.54 Å². The zero-order chi connectivity index (χ0) is 17.1. The Morgan fingerprint density at radius 1 is 1.30 bits per heavy atom. The van der Waals surface area contributed by atoms with Crippen molar-refractivity contribution in [1.29, 1.82) is 0 Å². The van der Waals surface area contributed by atoms with Gasteiger partial charge in [0.15, 0.2) is 0 Å². The zero-order valence-corrected chi connectivity index (χ0v) is 14.8. The maximum atomic E-state index is 12.3. The Morgan fingerprint density at radius 2 is 1.87 bits per heavy atom. The standard InChI is InChI=1S/C16H21ClN2O3S/c1-4-16(2,3)18-23(20,21)19-11-9-15(10-12-19)22-14-7-5-13(17)6-8-14/h1,5-8,15,18H,9-12H2,2-3H3. The van der Waals surface area contributed by atoms with Crippen LogP contribution in [0.4, 0.5) is 0 Å². The maximum absolute atomic E-state index is 12.3. The lowest BCUT2D eigenvalue weighted by Crippen LogP contribution is -2.52. The summed E-state index contributed by atoms with van der Waals surface area (Å²) in [4.78, 5) is 0. The first kappa shape index (κ1) is 18.1. The monoisotopic (exact) mass is 356 g/mol. The van der Waals surface area contributed by atoms with E-state index in [-0.39, 0.29) is 6.10 Å². The molecule has 23 heavy (non-hydrogen) atoms. The predicted octanol–water partition coefficient (Wildman–Crippen LogP) is 2.43. The van der Waals surface area contributed by atoms with Crippen LogP contribution in [0.15, 0.2) is 24.3 Å². The Bertz CT molecular complexity index is 672. The summed E-state index contributed by atoms with van der Waals surface area (Å²) in [6.45, 7) is 4.10. The summed E-state index contributed by atoms with van der Waals surface area (Å²) < 4.78 is 34.5. The third-order valence-electron chi connectivity index (χ3n) is 3.60. The van der Waals surface area contributed by atoms with Gasteiger partial charge in [0.1, 0.15) is 11.9 Å². The van der Waals surface area contributed by atoms with Crippen molar-refractivity contribution in [3.8, 4) is 18.1 Å². The highest BCUT2D eigenvalue weighted by molar-refractivity contribution is 7.87. The zero-order valence-electron chi connectivity index (χ0n) is 13.3. The molecule has 1 aromatic rings. The molecular weight excluding hydrogens is 336 g/mol. The van der Waals surface area contributed by atoms with Crippen LogP contribution in [-0.4, -0.2) is 37.5 Å². The molecule has 1 N–H and O–H groups in total. The SMILES string of the molecule is C#CC(C)(C)NS(=O)(=O)N1CCC(Oc2ccc(Cl)cc2)CC1. The fraction of sp³-hybridized carbons (Fsp3) is 0.500. The second-order valence-corrected chi connectivity index (χ2v) is 8.15. The number of benzene rings is 1. The highest BCUT2D eigenvalue weighted by atomic mass is 35.5. The van der Waals surface area contributed by atoms with Crippen LogP contribution in [-0.2, 0) is 10.2 Å². The number of nitrogens with one attached hydrogen (secondary N) is 1. The summed E-state index contributed by atoms with van der Waals surface area (Å²) in [5.74, 6) is 3.17. The molecule has 1 aliphatic rings. The fourth-order valence-corrected chi connectivity index (χ4v) is 3.96. The minimum Gasteiger partial charge on any atom is -0.490 e. The maximum Gasteiger partial charge on any atom is 0.280 e. The lowest BCUT2D eigenvalue weighted by Gasteiger charge is -2.33. The van der Waals surface area contributed by atoms with Crippen LogP contribution >= 0.6 is 11.6 Å². The second-order valence-electron chi connectivity index (χ2n) is 6.05. The first-order chi connectivity index (χ1) is 10.7. The van der Waals surface area contributed by atoms with Crippen LogP contribution in [0.3, 0.4) is 0 Å². The van der Waals surface area contributed by atoms with Gasteiger partial charge in [-0.25, -0.2) is 0 Å². The topological polar surface area (TPSA) is 58.6 Å². The summed E-state index contributed by atoms with van der Waals surface area (Å²) >= 11 is 5.84. The van der Waals surface area contributed by atoms with Gasteiger partial charge in [-0.05, 0) is 51.0 Å².